The molecule has 0 spiro atoms. The number of carbonyl (C=O) groups excluding carboxylic acids is 2. The van der Waals surface area contributed by atoms with E-state index in [1.165, 1.54) is 21.5 Å². The fourth-order valence-electron chi connectivity index (χ4n) is 5.41. The van der Waals surface area contributed by atoms with Crippen LogP contribution in [-0.2, 0) is 32.6 Å². The van der Waals surface area contributed by atoms with Gasteiger partial charge in [-0.2, -0.15) is 4.31 Å². The number of anilines is 1. The Morgan fingerprint density at radius 1 is 1.19 bits per heavy atom. The molecule has 5 rings (SSSR count). The zero-order valence-corrected chi connectivity index (χ0v) is 22.0. The van der Waals surface area contributed by atoms with Gasteiger partial charge in [0.1, 0.15) is 5.75 Å². The molecule has 2 amide bonds. The third-order valence-corrected chi connectivity index (χ3v) is 9.45. The number of piperidine rings is 1. The molecule has 1 atom stereocenters. The molecule has 1 unspecified atom stereocenters. The van der Waals surface area contributed by atoms with Gasteiger partial charge in [-0.25, -0.2) is 8.42 Å². The smallest absolute Gasteiger partial charge is 0.262 e. The Balaban J connectivity index is 1.14. The first-order chi connectivity index (χ1) is 17.8. The molecule has 2 aromatic rings. The lowest BCUT2D eigenvalue weighted by molar-refractivity contribution is -0.126. The number of nitrogens with zero attached hydrogens (tertiary/aromatic N) is 2. The molecular formula is C27H34N4O5S. The van der Waals surface area contributed by atoms with Crippen LogP contribution in [0, 0.1) is 12.8 Å². The lowest BCUT2D eigenvalue weighted by atomic mass is 9.98. The van der Waals surface area contributed by atoms with Crippen LogP contribution in [-0.4, -0.2) is 68.8 Å². The molecule has 198 valence electrons. The van der Waals surface area contributed by atoms with E-state index >= 15 is 0 Å². The maximum Gasteiger partial charge on any atom is 0.262 e. The van der Waals surface area contributed by atoms with Gasteiger partial charge >= 0.3 is 0 Å². The standard InChI is InChI=1S/C27H34N4O5S/c1-19-14-23-24(36-18-26(32)29-23)15-25(19)37(34,35)31-12-4-8-22(17-31)27(33)28-10-5-11-30-13-9-20-6-2-3-7-21(20)16-30/h2-3,6-7,14-15,22H,4-5,8-13,16-18H2,1H3,(H,28,33)(H,29,32). The highest BCUT2D eigenvalue weighted by Crippen LogP contribution is 2.35. The second kappa shape index (κ2) is 10.8. The molecule has 10 heteroatoms. The molecule has 3 aliphatic rings. The summed E-state index contributed by atoms with van der Waals surface area (Å²) in [6.45, 7) is 5.55. The van der Waals surface area contributed by atoms with E-state index in [0.717, 1.165) is 32.5 Å². The zero-order valence-electron chi connectivity index (χ0n) is 21.2. The average Bonchev–Trinajstić information content (AvgIpc) is 2.90. The normalized spacial score (nSPS) is 20.4. The SMILES string of the molecule is Cc1cc2c(cc1S(=O)(=O)N1CCCC(C(=O)NCCCN3CCc4ccccc4C3)C1)OCC(=O)N2. The van der Waals surface area contributed by atoms with E-state index in [1.807, 2.05) is 0 Å². The van der Waals surface area contributed by atoms with Gasteiger partial charge in [-0.05, 0) is 55.4 Å². The van der Waals surface area contributed by atoms with E-state index in [-0.39, 0.29) is 35.8 Å². The summed E-state index contributed by atoms with van der Waals surface area (Å²) in [6.07, 6.45) is 3.20. The lowest BCUT2D eigenvalue weighted by Gasteiger charge is -2.32. The average molecular weight is 527 g/mol. The summed E-state index contributed by atoms with van der Waals surface area (Å²) in [7, 11) is -3.82. The molecule has 0 radical (unpaired) electrons. The molecule has 0 bridgehead atoms. The van der Waals surface area contributed by atoms with Crippen molar-refractivity contribution in [2.24, 2.45) is 5.92 Å². The Hall–Kier alpha value is -2.95. The maximum absolute atomic E-state index is 13.5. The number of nitrogens with one attached hydrogen (secondary N) is 2. The molecule has 0 aromatic heterocycles. The van der Waals surface area contributed by atoms with Crippen molar-refractivity contribution in [2.75, 3.05) is 44.6 Å². The van der Waals surface area contributed by atoms with Crippen molar-refractivity contribution in [3.05, 3.63) is 53.1 Å². The predicted molar refractivity (Wildman–Crippen MR) is 140 cm³/mol. The van der Waals surface area contributed by atoms with Gasteiger partial charge in [0.2, 0.25) is 15.9 Å². The molecule has 0 saturated carbocycles. The Morgan fingerprint density at radius 2 is 2.00 bits per heavy atom. The van der Waals surface area contributed by atoms with Crippen LogP contribution >= 0.6 is 0 Å². The zero-order chi connectivity index (χ0) is 26.0. The van der Waals surface area contributed by atoms with Crippen LogP contribution in [0.1, 0.15) is 36.0 Å². The number of benzene rings is 2. The molecular weight excluding hydrogens is 492 g/mol. The van der Waals surface area contributed by atoms with Gasteiger partial charge in [-0.15, -0.1) is 0 Å². The Morgan fingerprint density at radius 3 is 2.84 bits per heavy atom. The Kier molecular flexibility index (Phi) is 7.50. The van der Waals surface area contributed by atoms with Gasteiger partial charge in [-0.1, -0.05) is 24.3 Å². The first-order valence-corrected chi connectivity index (χ1v) is 14.4. The van der Waals surface area contributed by atoms with Gasteiger partial charge < -0.3 is 15.4 Å². The van der Waals surface area contributed by atoms with Gasteiger partial charge in [-0.3, -0.25) is 14.5 Å². The second-order valence-electron chi connectivity index (χ2n) is 10.1. The number of sulfonamides is 1. The first-order valence-electron chi connectivity index (χ1n) is 13.0. The molecule has 37 heavy (non-hydrogen) atoms. The van der Waals surface area contributed by atoms with Crippen molar-refractivity contribution in [3.63, 3.8) is 0 Å². The number of hydrogen-bond acceptors (Lipinski definition) is 6. The molecule has 3 aliphatic heterocycles. The van der Waals surface area contributed by atoms with E-state index in [2.05, 4.69) is 39.8 Å². The van der Waals surface area contributed by atoms with Crippen molar-refractivity contribution in [1.29, 1.82) is 0 Å². The van der Waals surface area contributed by atoms with E-state index in [9.17, 15) is 18.0 Å². The van der Waals surface area contributed by atoms with E-state index in [4.69, 9.17) is 4.74 Å². The summed E-state index contributed by atoms with van der Waals surface area (Å²) in [5.74, 6) is -0.392. The summed E-state index contributed by atoms with van der Waals surface area (Å²) in [5.41, 5.74) is 3.80. The summed E-state index contributed by atoms with van der Waals surface area (Å²) in [5, 5.41) is 5.73. The van der Waals surface area contributed by atoms with Crippen molar-refractivity contribution < 1.29 is 22.7 Å². The second-order valence-corrected chi connectivity index (χ2v) is 12.0. The van der Waals surface area contributed by atoms with Crippen molar-refractivity contribution in [2.45, 2.75) is 44.0 Å². The molecule has 2 N–H and O–H groups in total. The number of carbonyl (C=O) groups is 2. The third-order valence-electron chi connectivity index (χ3n) is 7.44. The predicted octanol–water partition coefficient (Wildman–Crippen LogP) is 2.29. The van der Waals surface area contributed by atoms with Gasteiger partial charge in [0, 0.05) is 45.3 Å². The topological polar surface area (TPSA) is 108 Å². The number of ether oxygens (including phenoxy) is 1. The maximum atomic E-state index is 13.5. The highest BCUT2D eigenvalue weighted by Gasteiger charge is 2.35. The van der Waals surface area contributed by atoms with E-state index in [0.29, 0.717) is 42.9 Å². The third kappa shape index (κ3) is 5.66. The van der Waals surface area contributed by atoms with Crippen LogP contribution in [0.15, 0.2) is 41.3 Å². The molecule has 0 aliphatic carbocycles. The van der Waals surface area contributed by atoms with Crippen molar-refractivity contribution in [1.82, 2.24) is 14.5 Å². The lowest BCUT2D eigenvalue weighted by Crippen LogP contribution is -2.46. The minimum Gasteiger partial charge on any atom is -0.482 e. The molecule has 9 nitrogen and oxygen atoms in total. The Bertz CT molecular complexity index is 1300. The Labute approximate surface area is 218 Å². The number of rotatable bonds is 7. The van der Waals surface area contributed by atoms with E-state index < -0.39 is 10.0 Å². The number of fused-ring (bicyclic) bond motifs is 2. The number of hydrogen-bond donors (Lipinski definition) is 2. The highest BCUT2D eigenvalue weighted by molar-refractivity contribution is 7.89. The summed E-state index contributed by atoms with van der Waals surface area (Å²) in [4.78, 5) is 27.0. The molecule has 2 aromatic carbocycles. The van der Waals surface area contributed by atoms with Crippen molar-refractivity contribution >= 4 is 27.5 Å². The van der Waals surface area contributed by atoms with Crippen LogP contribution in [0.5, 0.6) is 5.75 Å². The molecule has 1 fully saturated rings. The van der Waals surface area contributed by atoms with E-state index in [1.54, 1.807) is 13.0 Å². The fourth-order valence-corrected chi connectivity index (χ4v) is 7.16. The quantitative estimate of drug-likeness (QED) is 0.536. The number of aryl methyl sites for hydroxylation is 1. The highest BCUT2D eigenvalue weighted by atomic mass is 32.2. The van der Waals surface area contributed by atoms with Crippen LogP contribution in [0.4, 0.5) is 5.69 Å². The van der Waals surface area contributed by atoms with Crippen LogP contribution in [0.25, 0.3) is 0 Å². The summed E-state index contributed by atoms with van der Waals surface area (Å²) in [6, 6.07) is 11.6. The van der Waals surface area contributed by atoms with Gasteiger partial charge in [0.15, 0.2) is 6.61 Å². The minimum atomic E-state index is -3.82. The molecule has 3 heterocycles. The molecule has 1 saturated heterocycles. The van der Waals surface area contributed by atoms with Crippen LogP contribution < -0.4 is 15.4 Å². The minimum absolute atomic E-state index is 0.0860. The monoisotopic (exact) mass is 526 g/mol. The van der Waals surface area contributed by atoms with Crippen LogP contribution in [0.2, 0.25) is 0 Å². The van der Waals surface area contributed by atoms with Crippen LogP contribution in [0.3, 0.4) is 0 Å². The fraction of sp³-hybridized carbons (Fsp3) is 0.481. The summed E-state index contributed by atoms with van der Waals surface area (Å²) >= 11 is 0. The number of amides is 2. The van der Waals surface area contributed by atoms with Crippen molar-refractivity contribution in [3.8, 4) is 5.75 Å². The largest absolute Gasteiger partial charge is 0.482 e. The summed E-state index contributed by atoms with van der Waals surface area (Å²) < 4.78 is 33.8. The van der Waals surface area contributed by atoms with Gasteiger partial charge in [0.05, 0.1) is 16.5 Å². The van der Waals surface area contributed by atoms with Gasteiger partial charge in [0.25, 0.3) is 5.91 Å². The first kappa shape index (κ1) is 25.7.